The number of fused-ring (bicyclic) bond motifs is 1. The number of H-pyrrole nitrogens is 1. The molecule has 62 valence electrons. The molecule has 2 aromatic heterocycles. The molecule has 0 fully saturated rings. The highest BCUT2D eigenvalue weighted by atomic mass is 16.3. The largest absolute Gasteiger partial charge is 0.374 e. The lowest BCUT2D eigenvalue weighted by Crippen LogP contribution is -2.07. The van der Waals surface area contributed by atoms with Crippen molar-refractivity contribution in [3.63, 3.8) is 0 Å². The van der Waals surface area contributed by atoms with Gasteiger partial charge in [-0.15, -0.1) is 0 Å². The lowest BCUT2D eigenvalue weighted by Gasteiger charge is -1.93. The molecule has 0 saturated heterocycles. The summed E-state index contributed by atoms with van der Waals surface area (Å²) in [5.41, 5.74) is 0.140. The lowest BCUT2D eigenvalue weighted by atomic mass is 10.4. The van der Waals surface area contributed by atoms with E-state index >= 15 is 0 Å². The Morgan fingerprint density at radius 2 is 2.50 bits per heavy atom. The van der Waals surface area contributed by atoms with Gasteiger partial charge < -0.3 is 10.1 Å². The zero-order valence-corrected chi connectivity index (χ0v) is 6.06. The summed E-state index contributed by atoms with van der Waals surface area (Å²) in [5.74, 6) is 0. The maximum Gasteiger partial charge on any atom is 0.261 e. The predicted molar refractivity (Wildman–Crippen MR) is 40.4 cm³/mol. The first-order valence-electron chi connectivity index (χ1n) is 3.33. The molecule has 0 saturated carbocycles. The van der Waals surface area contributed by atoms with Gasteiger partial charge in [-0.25, -0.2) is 9.67 Å². The number of aliphatic hydroxyl groups excluding tert-OH is 1. The molecule has 0 bridgehead atoms. The van der Waals surface area contributed by atoms with Crippen LogP contribution in [0.25, 0.3) is 11.0 Å². The normalized spacial score (nSPS) is 10.8. The van der Waals surface area contributed by atoms with E-state index in [9.17, 15) is 4.79 Å². The van der Waals surface area contributed by atoms with E-state index in [1.807, 2.05) is 0 Å². The Morgan fingerprint density at radius 1 is 1.67 bits per heavy atom. The third-order valence-corrected chi connectivity index (χ3v) is 1.57. The van der Waals surface area contributed by atoms with E-state index in [4.69, 9.17) is 5.11 Å². The molecule has 2 N–H and O–H groups in total. The summed E-state index contributed by atoms with van der Waals surface area (Å²) in [5, 5.41) is 12.9. The van der Waals surface area contributed by atoms with Gasteiger partial charge in [0, 0.05) is 0 Å². The van der Waals surface area contributed by atoms with Crippen LogP contribution in [0.3, 0.4) is 0 Å². The fraction of sp³-hybridized carbons (Fsp3) is 0.167. The molecule has 6 heteroatoms. The van der Waals surface area contributed by atoms with Gasteiger partial charge in [-0.2, -0.15) is 5.10 Å². The summed E-state index contributed by atoms with van der Waals surface area (Å²) in [6.45, 7) is -0.278. The second-order valence-electron chi connectivity index (χ2n) is 2.25. The van der Waals surface area contributed by atoms with Crippen LogP contribution < -0.4 is 5.56 Å². The number of hydrogen-bond donors (Lipinski definition) is 2. The predicted octanol–water partition coefficient (Wildman–Crippen LogP) is -0.931. The highest BCUT2D eigenvalue weighted by Crippen LogP contribution is 2.02. The van der Waals surface area contributed by atoms with E-state index in [0.29, 0.717) is 11.0 Å². The van der Waals surface area contributed by atoms with E-state index in [1.165, 1.54) is 17.2 Å². The second-order valence-corrected chi connectivity index (χ2v) is 2.25. The van der Waals surface area contributed by atoms with Gasteiger partial charge in [0.25, 0.3) is 5.56 Å². The SMILES string of the molecule is O=c1[nH]cnc2c1cnn2CO. The molecule has 0 unspecified atom stereocenters. The summed E-state index contributed by atoms with van der Waals surface area (Å²) >= 11 is 0. The number of nitrogens with zero attached hydrogens (tertiary/aromatic N) is 3. The Labute approximate surface area is 66.5 Å². The fourth-order valence-electron chi connectivity index (χ4n) is 1.01. The topological polar surface area (TPSA) is 83.8 Å². The molecular weight excluding hydrogens is 160 g/mol. The van der Waals surface area contributed by atoms with Crippen LogP contribution in [0.15, 0.2) is 17.3 Å². The third-order valence-electron chi connectivity index (χ3n) is 1.57. The quantitative estimate of drug-likeness (QED) is 0.573. The first kappa shape index (κ1) is 6.99. The molecule has 2 rings (SSSR count). The number of aromatic amines is 1. The average molecular weight is 166 g/mol. The van der Waals surface area contributed by atoms with Crippen molar-refractivity contribution in [2.24, 2.45) is 0 Å². The Bertz CT molecular complexity index is 458. The minimum atomic E-state index is -0.278. The third kappa shape index (κ3) is 0.817. The molecule has 0 atom stereocenters. The summed E-state index contributed by atoms with van der Waals surface area (Å²) in [6.07, 6.45) is 2.65. The van der Waals surface area contributed by atoms with Crippen LogP contribution >= 0.6 is 0 Å². The molecule has 0 radical (unpaired) electrons. The highest BCUT2D eigenvalue weighted by molar-refractivity contribution is 5.72. The van der Waals surface area contributed by atoms with Crippen molar-refractivity contribution in [2.75, 3.05) is 0 Å². The molecule has 0 aliphatic carbocycles. The lowest BCUT2D eigenvalue weighted by molar-refractivity contribution is 0.199. The monoisotopic (exact) mass is 166 g/mol. The molecule has 0 spiro atoms. The van der Waals surface area contributed by atoms with Crippen molar-refractivity contribution in [1.82, 2.24) is 19.7 Å². The van der Waals surface area contributed by atoms with Crippen molar-refractivity contribution >= 4 is 11.0 Å². The van der Waals surface area contributed by atoms with E-state index < -0.39 is 0 Å². The highest BCUT2D eigenvalue weighted by Gasteiger charge is 2.04. The van der Waals surface area contributed by atoms with Crippen LogP contribution in [0.1, 0.15) is 0 Å². The van der Waals surface area contributed by atoms with Gasteiger partial charge in [0.2, 0.25) is 0 Å². The molecule has 2 aromatic rings. The number of nitrogens with one attached hydrogen (secondary N) is 1. The summed E-state index contributed by atoms with van der Waals surface area (Å²) in [4.78, 5) is 17.3. The minimum Gasteiger partial charge on any atom is -0.374 e. The molecular formula is C6H6N4O2. The minimum absolute atomic E-state index is 0.250. The molecule has 0 aliphatic heterocycles. The van der Waals surface area contributed by atoms with Crippen molar-refractivity contribution in [1.29, 1.82) is 0 Å². The van der Waals surface area contributed by atoms with Crippen LogP contribution in [-0.2, 0) is 6.73 Å². The van der Waals surface area contributed by atoms with Crippen molar-refractivity contribution in [2.45, 2.75) is 6.73 Å². The number of aromatic nitrogens is 4. The van der Waals surface area contributed by atoms with Gasteiger partial charge in [0.05, 0.1) is 12.5 Å². The van der Waals surface area contributed by atoms with Crippen LogP contribution in [0.2, 0.25) is 0 Å². The van der Waals surface area contributed by atoms with E-state index in [-0.39, 0.29) is 12.3 Å². The van der Waals surface area contributed by atoms with Crippen LogP contribution in [0.5, 0.6) is 0 Å². The number of rotatable bonds is 1. The zero-order valence-electron chi connectivity index (χ0n) is 6.06. The Hall–Kier alpha value is -1.69. The van der Waals surface area contributed by atoms with E-state index in [0.717, 1.165) is 0 Å². The standard InChI is InChI=1S/C6H6N4O2/c11-3-10-5-4(1-9-10)6(12)8-2-7-5/h1-2,11H,3H2,(H,7,8,12). The van der Waals surface area contributed by atoms with Gasteiger partial charge in [0.1, 0.15) is 12.1 Å². The average Bonchev–Trinajstić information content (AvgIpc) is 2.49. The van der Waals surface area contributed by atoms with Gasteiger partial charge in [-0.1, -0.05) is 0 Å². The van der Waals surface area contributed by atoms with Gasteiger partial charge in [-0.3, -0.25) is 4.79 Å². The smallest absolute Gasteiger partial charge is 0.261 e. The first-order chi connectivity index (χ1) is 5.83. The van der Waals surface area contributed by atoms with Gasteiger partial charge >= 0.3 is 0 Å². The van der Waals surface area contributed by atoms with Gasteiger partial charge in [-0.05, 0) is 0 Å². The van der Waals surface area contributed by atoms with Crippen molar-refractivity contribution in [3.8, 4) is 0 Å². The summed E-state index contributed by atoms with van der Waals surface area (Å²) < 4.78 is 1.24. The van der Waals surface area contributed by atoms with Crippen LogP contribution in [0.4, 0.5) is 0 Å². The van der Waals surface area contributed by atoms with Crippen molar-refractivity contribution < 1.29 is 5.11 Å². The Morgan fingerprint density at radius 3 is 3.25 bits per heavy atom. The Kier molecular flexibility index (Phi) is 1.41. The van der Waals surface area contributed by atoms with Crippen LogP contribution in [-0.4, -0.2) is 24.9 Å². The molecule has 0 aromatic carbocycles. The number of aliphatic hydroxyl groups is 1. The van der Waals surface area contributed by atoms with Crippen LogP contribution in [0, 0.1) is 0 Å². The number of hydrogen-bond acceptors (Lipinski definition) is 4. The second kappa shape index (κ2) is 2.42. The van der Waals surface area contributed by atoms with E-state index in [2.05, 4.69) is 15.1 Å². The molecule has 6 nitrogen and oxygen atoms in total. The van der Waals surface area contributed by atoms with Crippen molar-refractivity contribution in [3.05, 3.63) is 22.9 Å². The summed E-state index contributed by atoms with van der Waals surface area (Å²) in [7, 11) is 0. The van der Waals surface area contributed by atoms with Gasteiger partial charge in [0.15, 0.2) is 5.65 Å². The molecule has 0 amide bonds. The summed E-state index contributed by atoms with van der Waals surface area (Å²) in [6, 6.07) is 0. The zero-order chi connectivity index (χ0) is 8.55. The fourth-order valence-corrected chi connectivity index (χ4v) is 1.01. The molecule has 12 heavy (non-hydrogen) atoms. The molecule has 0 aliphatic rings. The first-order valence-corrected chi connectivity index (χ1v) is 3.33. The Balaban J connectivity index is 2.89. The maximum absolute atomic E-state index is 11.1. The molecule has 2 heterocycles. The maximum atomic E-state index is 11.1. The van der Waals surface area contributed by atoms with E-state index in [1.54, 1.807) is 0 Å².